The second-order valence-electron chi connectivity index (χ2n) is 5.70. The Morgan fingerprint density at radius 2 is 2.29 bits per heavy atom. The van der Waals surface area contributed by atoms with Gasteiger partial charge in [0.05, 0.1) is 19.8 Å². The number of hydrogen-bond donors (Lipinski definition) is 1. The molecule has 0 bridgehead atoms. The maximum Gasteiger partial charge on any atom is 0.125 e. The van der Waals surface area contributed by atoms with Gasteiger partial charge < -0.3 is 19.7 Å². The first-order valence-electron chi connectivity index (χ1n) is 7.89. The fourth-order valence-electron chi connectivity index (χ4n) is 2.94. The van der Waals surface area contributed by atoms with E-state index in [1.54, 1.807) is 7.11 Å². The summed E-state index contributed by atoms with van der Waals surface area (Å²) in [4.78, 5) is 2.34. The standard InChI is InChI=1S/C17H28N2O2/c1-5-10-18-13(2)17-15(7-6-8-16(17)20-4)19(3)14-9-11-21-12-14/h6-8,13-14,18H,5,9-12H2,1-4H3. The average molecular weight is 292 g/mol. The molecule has 0 aliphatic carbocycles. The van der Waals surface area contributed by atoms with Gasteiger partial charge in [-0.1, -0.05) is 13.0 Å². The van der Waals surface area contributed by atoms with Crippen LogP contribution in [0.4, 0.5) is 5.69 Å². The first kappa shape index (κ1) is 16.1. The Bertz CT molecular complexity index is 444. The van der Waals surface area contributed by atoms with Crippen molar-refractivity contribution in [3.8, 4) is 5.75 Å². The molecule has 0 spiro atoms. The molecular weight excluding hydrogens is 264 g/mol. The summed E-state index contributed by atoms with van der Waals surface area (Å²) < 4.78 is 11.1. The Labute approximate surface area is 128 Å². The van der Waals surface area contributed by atoms with Crippen LogP contribution in [-0.4, -0.2) is 40.0 Å². The maximum atomic E-state index is 5.60. The Balaban J connectivity index is 2.30. The number of nitrogens with one attached hydrogen (secondary N) is 1. The van der Waals surface area contributed by atoms with Gasteiger partial charge in [-0.3, -0.25) is 0 Å². The highest BCUT2D eigenvalue weighted by molar-refractivity contribution is 5.61. The topological polar surface area (TPSA) is 33.7 Å². The van der Waals surface area contributed by atoms with Gasteiger partial charge in [-0.05, 0) is 38.4 Å². The van der Waals surface area contributed by atoms with Gasteiger partial charge in [-0.2, -0.15) is 0 Å². The fourth-order valence-corrected chi connectivity index (χ4v) is 2.94. The summed E-state index contributed by atoms with van der Waals surface area (Å²) >= 11 is 0. The lowest BCUT2D eigenvalue weighted by Crippen LogP contribution is -2.33. The third-order valence-electron chi connectivity index (χ3n) is 4.23. The predicted molar refractivity (Wildman–Crippen MR) is 87.3 cm³/mol. The predicted octanol–water partition coefficient (Wildman–Crippen LogP) is 2.98. The summed E-state index contributed by atoms with van der Waals surface area (Å²) in [5.41, 5.74) is 2.48. The zero-order valence-electron chi connectivity index (χ0n) is 13.7. The molecule has 4 heteroatoms. The average Bonchev–Trinajstić information content (AvgIpc) is 3.05. The van der Waals surface area contributed by atoms with Gasteiger partial charge >= 0.3 is 0 Å². The second-order valence-corrected chi connectivity index (χ2v) is 5.70. The first-order chi connectivity index (χ1) is 10.2. The Morgan fingerprint density at radius 3 is 2.90 bits per heavy atom. The molecule has 1 saturated heterocycles. The van der Waals surface area contributed by atoms with Crippen LogP contribution in [-0.2, 0) is 4.74 Å². The van der Waals surface area contributed by atoms with Gasteiger partial charge in [-0.25, -0.2) is 0 Å². The maximum absolute atomic E-state index is 5.60. The third-order valence-corrected chi connectivity index (χ3v) is 4.23. The fraction of sp³-hybridized carbons (Fsp3) is 0.647. The Morgan fingerprint density at radius 1 is 1.48 bits per heavy atom. The van der Waals surface area contributed by atoms with E-state index in [0.717, 1.165) is 38.3 Å². The summed E-state index contributed by atoms with van der Waals surface area (Å²) in [6.45, 7) is 7.07. The lowest BCUT2D eigenvalue weighted by atomic mass is 10.0. The minimum absolute atomic E-state index is 0.265. The number of nitrogens with zero attached hydrogens (tertiary/aromatic N) is 1. The Hall–Kier alpha value is -1.26. The van der Waals surface area contributed by atoms with Gasteiger partial charge in [0.1, 0.15) is 5.75 Å². The zero-order valence-corrected chi connectivity index (χ0v) is 13.7. The molecular formula is C17H28N2O2. The SMILES string of the molecule is CCCNC(C)c1c(OC)cccc1N(C)C1CCOC1. The minimum atomic E-state index is 0.265. The highest BCUT2D eigenvalue weighted by Crippen LogP contribution is 2.35. The molecule has 21 heavy (non-hydrogen) atoms. The molecule has 1 aliphatic heterocycles. The number of hydrogen-bond acceptors (Lipinski definition) is 4. The summed E-state index contributed by atoms with van der Waals surface area (Å²) in [5, 5.41) is 3.57. The van der Waals surface area contributed by atoms with Crippen LogP contribution < -0.4 is 15.0 Å². The molecule has 0 radical (unpaired) electrons. The molecule has 0 amide bonds. The molecule has 2 rings (SSSR count). The normalized spacial score (nSPS) is 19.5. The number of anilines is 1. The number of benzene rings is 1. The molecule has 1 aromatic carbocycles. The van der Waals surface area contributed by atoms with E-state index in [2.05, 4.69) is 43.2 Å². The van der Waals surface area contributed by atoms with E-state index >= 15 is 0 Å². The first-order valence-corrected chi connectivity index (χ1v) is 7.89. The second kappa shape index (κ2) is 7.66. The van der Waals surface area contributed by atoms with E-state index < -0.39 is 0 Å². The van der Waals surface area contributed by atoms with Crippen LogP contribution in [0.3, 0.4) is 0 Å². The smallest absolute Gasteiger partial charge is 0.125 e. The van der Waals surface area contributed by atoms with Crippen LogP contribution >= 0.6 is 0 Å². The molecule has 2 atom stereocenters. The molecule has 118 valence electrons. The summed E-state index contributed by atoms with van der Waals surface area (Å²) in [6.07, 6.45) is 2.21. The molecule has 1 N–H and O–H groups in total. The van der Waals surface area contributed by atoms with Crippen molar-refractivity contribution in [1.29, 1.82) is 0 Å². The molecule has 1 fully saturated rings. The van der Waals surface area contributed by atoms with Gasteiger partial charge in [0.25, 0.3) is 0 Å². The Kier molecular flexibility index (Phi) is 5.88. The quantitative estimate of drug-likeness (QED) is 0.837. The van der Waals surface area contributed by atoms with Gasteiger partial charge in [0.15, 0.2) is 0 Å². The van der Waals surface area contributed by atoms with Crippen molar-refractivity contribution in [1.82, 2.24) is 5.32 Å². The zero-order chi connectivity index (χ0) is 15.2. The van der Waals surface area contributed by atoms with Crippen molar-refractivity contribution in [3.63, 3.8) is 0 Å². The van der Waals surface area contributed by atoms with Crippen LogP contribution in [0.5, 0.6) is 5.75 Å². The number of likely N-dealkylation sites (N-methyl/N-ethyl adjacent to an activating group) is 1. The van der Waals surface area contributed by atoms with E-state index in [0.29, 0.717) is 6.04 Å². The van der Waals surface area contributed by atoms with Crippen molar-refractivity contribution >= 4 is 5.69 Å². The molecule has 0 saturated carbocycles. The van der Waals surface area contributed by atoms with Crippen molar-refractivity contribution in [2.45, 2.75) is 38.8 Å². The van der Waals surface area contributed by atoms with Gasteiger partial charge in [0.2, 0.25) is 0 Å². The third kappa shape index (κ3) is 3.69. The lowest BCUT2D eigenvalue weighted by molar-refractivity contribution is 0.193. The summed E-state index contributed by atoms with van der Waals surface area (Å²) in [5.74, 6) is 0.953. The van der Waals surface area contributed by atoms with E-state index in [9.17, 15) is 0 Å². The number of methoxy groups -OCH3 is 1. The van der Waals surface area contributed by atoms with E-state index in [-0.39, 0.29) is 6.04 Å². The number of rotatable bonds is 7. The molecule has 1 heterocycles. The number of ether oxygens (including phenoxy) is 2. The van der Waals surface area contributed by atoms with E-state index in [1.807, 2.05) is 6.07 Å². The van der Waals surface area contributed by atoms with Crippen LogP contribution in [0.15, 0.2) is 18.2 Å². The molecule has 1 aromatic rings. The van der Waals surface area contributed by atoms with Gasteiger partial charge in [-0.15, -0.1) is 0 Å². The van der Waals surface area contributed by atoms with Crippen LogP contribution in [0, 0.1) is 0 Å². The highest BCUT2D eigenvalue weighted by atomic mass is 16.5. The molecule has 1 aliphatic rings. The largest absolute Gasteiger partial charge is 0.496 e. The van der Waals surface area contributed by atoms with Crippen LogP contribution in [0.2, 0.25) is 0 Å². The van der Waals surface area contributed by atoms with Crippen molar-refractivity contribution in [2.75, 3.05) is 38.8 Å². The van der Waals surface area contributed by atoms with Crippen molar-refractivity contribution in [2.24, 2.45) is 0 Å². The molecule has 4 nitrogen and oxygen atoms in total. The van der Waals surface area contributed by atoms with Crippen molar-refractivity contribution in [3.05, 3.63) is 23.8 Å². The van der Waals surface area contributed by atoms with Crippen LogP contribution in [0.1, 0.15) is 38.3 Å². The monoisotopic (exact) mass is 292 g/mol. The summed E-state index contributed by atoms with van der Waals surface area (Å²) in [7, 11) is 3.90. The molecule has 2 unspecified atom stereocenters. The van der Waals surface area contributed by atoms with Crippen LogP contribution in [0.25, 0.3) is 0 Å². The lowest BCUT2D eigenvalue weighted by Gasteiger charge is -2.30. The molecule has 0 aromatic heterocycles. The minimum Gasteiger partial charge on any atom is -0.496 e. The van der Waals surface area contributed by atoms with E-state index in [1.165, 1.54) is 11.3 Å². The highest BCUT2D eigenvalue weighted by Gasteiger charge is 2.25. The van der Waals surface area contributed by atoms with Gasteiger partial charge in [0, 0.05) is 30.9 Å². The van der Waals surface area contributed by atoms with E-state index in [4.69, 9.17) is 9.47 Å². The summed E-state index contributed by atoms with van der Waals surface area (Å²) in [6, 6.07) is 7.01. The van der Waals surface area contributed by atoms with Crippen molar-refractivity contribution < 1.29 is 9.47 Å².